The van der Waals surface area contributed by atoms with Crippen molar-refractivity contribution in [2.45, 2.75) is 38.8 Å². The molecule has 0 spiro atoms. The quantitative estimate of drug-likeness (QED) is 0.891. The second-order valence-electron chi connectivity index (χ2n) is 6.93. The van der Waals surface area contributed by atoms with Crippen LogP contribution in [0.2, 0.25) is 5.02 Å². The number of rotatable bonds is 3. The van der Waals surface area contributed by atoms with Gasteiger partial charge < -0.3 is 10.0 Å². The number of hydrogen-bond donors (Lipinski definition) is 1. The molecule has 2 aromatic rings. The van der Waals surface area contributed by atoms with Gasteiger partial charge in [0.15, 0.2) is 0 Å². The first kappa shape index (κ1) is 18.6. The summed E-state index contributed by atoms with van der Waals surface area (Å²) in [5, 5.41) is 11.4. The van der Waals surface area contributed by atoms with E-state index in [1.54, 1.807) is 29.2 Å². The lowest BCUT2D eigenvalue weighted by Crippen LogP contribution is -2.49. The van der Waals surface area contributed by atoms with Gasteiger partial charge in [-0.05, 0) is 43.7 Å². The highest BCUT2D eigenvalue weighted by Crippen LogP contribution is 2.29. The van der Waals surface area contributed by atoms with Crippen LogP contribution >= 0.6 is 11.6 Å². The van der Waals surface area contributed by atoms with Crippen molar-refractivity contribution < 1.29 is 14.7 Å². The van der Waals surface area contributed by atoms with E-state index >= 15 is 0 Å². The summed E-state index contributed by atoms with van der Waals surface area (Å²) in [4.78, 5) is 26.7. The second-order valence-corrected chi connectivity index (χ2v) is 7.37. The van der Waals surface area contributed by atoms with Crippen LogP contribution in [-0.2, 0) is 4.79 Å². The first-order chi connectivity index (χ1) is 12.3. The fraction of sp³-hybridized carbons (Fsp3) is 0.333. The van der Waals surface area contributed by atoms with Crippen molar-refractivity contribution >= 4 is 23.3 Å². The lowest BCUT2D eigenvalue weighted by atomic mass is 9.91. The first-order valence-electron chi connectivity index (χ1n) is 8.69. The van der Waals surface area contributed by atoms with Crippen molar-refractivity contribution in [3.8, 4) is 0 Å². The summed E-state index contributed by atoms with van der Waals surface area (Å²) in [6.07, 6.45) is -0.466. The third kappa shape index (κ3) is 3.97. The number of aryl methyl sites for hydroxylation is 2. The Kier molecular flexibility index (Phi) is 5.44. The predicted molar refractivity (Wildman–Crippen MR) is 101 cm³/mol. The molecule has 26 heavy (non-hydrogen) atoms. The van der Waals surface area contributed by atoms with Crippen molar-refractivity contribution in [3.63, 3.8) is 0 Å². The van der Waals surface area contributed by atoms with Crippen LogP contribution in [0.1, 0.15) is 46.0 Å². The summed E-state index contributed by atoms with van der Waals surface area (Å²) >= 11 is 5.91. The Bertz CT molecular complexity index is 811. The van der Waals surface area contributed by atoms with Crippen molar-refractivity contribution in [1.29, 1.82) is 0 Å². The van der Waals surface area contributed by atoms with Gasteiger partial charge in [0, 0.05) is 30.0 Å². The van der Waals surface area contributed by atoms with Crippen LogP contribution in [-0.4, -0.2) is 34.3 Å². The summed E-state index contributed by atoms with van der Waals surface area (Å²) < 4.78 is 0. The number of hydrogen-bond acceptors (Lipinski definition) is 3. The van der Waals surface area contributed by atoms with E-state index < -0.39 is 12.1 Å². The lowest BCUT2D eigenvalue weighted by Gasteiger charge is -2.38. The Balaban J connectivity index is 1.91. The Morgan fingerprint density at radius 2 is 1.77 bits per heavy atom. The summed E-state index contributed by atoms with van der Waals surface area (Å²) in [5.41, 5.74) is 3.25. The summed E-state index contributed by atoms with van der Waals surface area (Å²) in [6, 6.07) is 12.0. The standard InChI is InChI=1S/C21H22ClNO3/c1-13-9-14(2)11-16(10-13)21(26)23-8-7-18(24)12-19(23)20(25)15-3-5-17(22)6-4-15/h3-6,9-11,19-20,25H,7-8,12H2,1-2H3/t19-,20-/m1/s1. The van der Waals surface area contributed by atoms with Crippen molar-refractivity contribution in [2.24, 2.45) is 0 Å². The van der Waals surface area contributed by atoms with E-state index in [1.165, 1.54) is 0 Å². The fourth-order valence-corrected chi connectivity index (χ4v) is 3.66. The molecular formula is C21H22ClNO3. The largest absolute Gasteiger partial charge is 0.386 e. The zero-order chi connectivity index (χ0) is 18.8. The van der Waals surface area contributed by atoms with Crippen molar-refractivity contribution in [3.05, 3.63) is 69.7 Å². The van der Waals surface area contributed by atoms with E-state index in [1.807, 2.05) is 32.0 Å². The van der Waals surface area contributed by atoms with Gasteiger partial charge >= 0.3 is 0 Å². The monoisotopic (exact) mass is 371 g/mol. The Morgan fingerprint density at radius 3 is 2.38 bits per heavy atom. The molecule has 5 heteroatoms. The van der Waals surface area contributed by atoms with Crippen LogP contribution in [0, 0.1) is 13.8 Å². The number of halogens is 1. The summed E-state index contributed by atoms with van der Waals surface area (Å²) in [5.74, 6) is -0.0881. The molecule has 0 aliphatic carbocycles. The third-order valence-corrected chi connectivity index (χ3v) is 5.03. The number of amides is 1. The molecule has 3 rings (SSSR count). The molecule has 0 bridgehead atoms. The van der Waals surface area contributed by atoms with Crippen molar-refractivity contribution in [1.82, 2.24) is 4.90 Å². The van der Waals surface area contributed by atoms with Crippen LogP contribution in [0.5, 0.6) is 0 Å². The highest BCUT2D eigenvalue weighted by atomic mass is 35.5. The number of ketones is 1. The first-order valence-corrected chi connectivity index (χ1v) is 9.07. The summed E-state index contributed by atoms with van der Waals surface area (Å²) in [7, 11) is 0. The number of benzene rings is 2. The number of aliphatic hydroxyl groups is 1. The molecule has 0 aromatic heterocycles. The molecule has 1 aliphatic heterocycles. The number of carbonyl (C=O) groups is 2. The normalized spacial score (nSPS) is 18.7. The third-order valence-electron chi connectivity index (χ3n) is 4.77. The van der Waals surface area contributed by atoms with Crippen LogP contribution in [0.15, 0.2) is 42.5 Å². The molecule has 0 radical (unpaired) electrons. The van der Waals surface area contributed by atoms with Gasteiger partial charge in [0.1, 0.15) is 5.78 Å². The molecule has 4 nitrogen and oxygen atoms in total. The number of carbonyl (C=O) groups excluding carboxylic acids is 2. The van der Waals surface area contributed by atoms with Gasteiger partial charge in [-0.15, -0.1) is 0 Å². The van der Waals surface area contributed by atoms with Crippen LogP contribution < -0.4 is 0 Å². The number of likely N-dealkylation sites (tertiary alicyclic amines) is 1. The van der Waals surface area contributed by atoms with Gasteiger partial charge in [-0.1, -0.05) is 40.9 Å². The minimum atomic E-state index is -0.939. The SMILES string of the molecule is Cc1cc(C)cc(C(=O)N2CCC(=O)C[C@@H]2[C@H](O)c2ccc(Cl)cc2)c1. The van der Waals surface area contributed by atoms with Gasteiger partial charge in [0.2, 0.25) is 0 Å². The maximum atomic E-state index is 13.1. The van der Waals surface area contributed by atoms with E-state index in [-0.39, 0.29) is 18.1 Å². The van der Waals surface area contributed by atoms with Gasteiger partial charge in [0.05, 0.1) is 12.1 Å². The number of piperidine rings is 1. The minimum Gasteiger partial charge on any atom is -0.386 e. The molecular weight excluding hydrogens is 350 g/mol. The van der Waals surface area contributed by atoms with Gasteiger partial charge in [-0.25, -0.2) is 0 Å². The maximum absolute atomic E-state index is 13.1. The molecule has 2 atom stereocenters. The number of aliphatic hydroxyl groups excluding tert-OH is 1. The molecule has 0 unspecified atom stereocenters. The van der Waals surface area contributed by atoms with E-state index in [9.17, 15) is 14.7 Å². The van der Waals surface area contributed by atoms with Crippen LogP contribution in [0.25, 0.3) is 0 Å². The Hall–Kier alpha value is -2.17. The Morgan fingerprint density at radius 1 is 1.15 bits per heavy atom. The smallest absolute Gasteiger partial charge is 0.254 e. The van der Waals surface area contributed by atoms with Crippen LogP contribution in [0.3, 0.4) is 0 Å². The molecule has 1 saturated heterocycles. The van der Waals surface area contributed by atoms with Gasteiger partial charge in [-0.2, -0.15) is 0 Å². The molecule has 1 N–H and O–H groups in total. The highest BCUT2D eigenvalue weighted by Gasteiger charge is 2.36. The zero-order valence-corrected chi connectivity index (χ0v) is 15.7. The number of nitrogens with zero attached hydrogens (tertiary/aromatic N) is 1. The fourth-order valence-electron chi connectivity index (χ4n) is 3.54. The van der Waals surface area contributed by atoms with E-state index in [0.29, 0.717) is 29.1 Å². The lowest BCUT2D eigenvalue weighted by molar-refractivity contribution is -0.124. The van der Waals surface area contributed by atoms with Crippen molar-refractivity contribution in [2.75, 3.05) is 6.54 Å². The molecule has 1 aliphatic rings. The molecule has 136 valence electrons. The average Bonchev–Trinajstić information content (AvgIpc) is 2.60. The molecule has 2 aromatic carbocycles. The Labute approximate surface area is 158 Å². The molecule has 1 fully saturated rings. The van der Waals surface area contributed by atoms with Gasteiger partial charge in [-0.3, -0.25) is 9.59 Å². The maximum Gasteiger partial charge on any atom is 0.254 e. The second kappa shape index (κ2) is 7.60. The molecule has 1 amide bonds. The zero-order valence-electron chi connectivity index (χ0n) is 14.9. The van der Waals surface area contributed by atoms with Gasteiger partial charge in [0.25, 0.3) is 5.91 Å². The number of Topliss-reactive ketones (excluding diaryl/α,β-unsaturated/α-hetero) is 1. The minimum absolute atomic E-state index is 0.0625. The highest BCUT2D eigenvalue weighted by molar-refractivity contribution is 6.30. The van der Waals surface area contributed by atoms with Crippen LogP contribution in [0.4, 0.5) is 0 Å². The predicted octanol–water partition coefficient (Wildman–Crippen LogP) is 3.86. The molecule has 1 heterocycles. The van der Waals surface area contributed by atoms with E-state index in [4.69, 9.17) is 11.6 Å². The van der Waals surface area contributed by atoms with E-state index in [0.717, 1.165) is 11.1 Å². The van der Waals surface area contributed by atoms with E-state index in [2.05, 4.69) is 0 Å². The average molecular weight is 372 g/mol. The molecule has 0 saturated carbocycles. The topological polar surface area (TPSA) is 57.6 Å². The summed E-state index contributed by atoms with van der Waals surface area (Å²) in [6.45, 7) is 4.22.